The van der Waals surface area contributed by atoms with Gasteiger partial charge in [0.2, 0.25) is 12.7 Å². The Balaban J connectivity index is 1.03. The van der Waals surface area contributed by atoms with Crippen molar-refractivity contribution in [1.29, 1.82) is 0 Å². The molecule has 0 aliphatic carbocycles. The van der Waals surface area contributed by atoms with E-state index in [9.17, 15) is 4.79 Å². The molecule has 3 heterocycles. The van der Waals surface area contributed by atoms with Crippen molar-refractivity contribution in [3.05, 3.63) is 71.8 Å². The third-order valence-electron chi connectivity index (χ3n) is 7.66. The van der Waals surface area contributed by atoms with Crippen LogP contribution in [0.2, 0.25) is 0 Å². The van der Waals surface area contributed by atoms with Crippen molar-refractivity contribution in [3.8, 4) is 11.5 Å². The Kier molecular flexibility index (Phi) is 6.32. The van der Waals surface area contributed by atoms with Crippen molar-refractivity contribution in [2.45, 2.75) is 25.9 Å². The minimum atomic E-state index is 0.110. The highest BCUT2D eigenvalue weighted by Gasteiger charge is 2.31. The van der Waals surface area contributed by atoms with Gasteiger partial charge in [0.05, 0.1) is 5.92 Å². The van der Waals surface area contributed by atoms with Crippen LogP contribution in [0.1, 0.15) is 24.0 Å². The van der Waals surface area contributed by atoms with E-state index in [2.05, 4.69) is 69.3 Å². The summed E-state index contributed by atoms with van der Waals surface area (Å²) in [6.45, 7) is 7.46. The summed E-state index contributed by atoms with van der Waals surface area (Å²) in [6.07, 6.45) is 2.09. The summed E-state index contributed by atoms with van der Waals surface area (Å²) in [5, 5.41) is 2.61. The molecule has 2 saturated heterocycles. The summed E-state index contributed by atoms with van der Waals surface area (Å²) in [6, 6.07) is 21.3. The average molecular weight is 472 g/mol. The highest BCUT2D eigenvalue weighted by atomic mass is 16.7. The average Bonchev–Trinajstić information content (AvgIpc) is 3.37. The highest BCUT2D eigenvalue weighted by molar-refractivity contribution is 5.85. The number of piperazine rings is 1. The number of rotatable bonds is 5. The molecule has 1 unspecified atom stereocenters. The maximum absolute atomic E-state index is 13.4. The maximum atomic E-state index is 13.4. The molecule has 2 fully saturated rings. The molecule has 0 saturated carbocycles. The first kappa shape index (κ1) is 22.4. The molecule has 182 valence electrons. The van der Waals surface area contributed by atoms with Gasteiger partial charge in [-0.15, -0.1) is 0 Å². The number of benzene rings is 3. The first-order valence-corrected chi connectivity index (χ1v) is 12.8. The lowest BCUT2D eigenvalue weighted by molar-refractivity contribution is -0.139. The monoisotopic (exact) mass is 471 g/mol. The summed E-state index contributed by atoms with van der Waals surface area (Å²) in [5.74, 6) is 2.11. The second-order valence-corrected chi connectivity index (χ2v) is 10.0. The van der Waals surface area contributed by atoms with Crippen LogP contribution < -0.4 is 9.47 Å². The SMILES string of the molecule is O=C(C1CCCN(Cc2cccc3ccccc23)C1)N1CCN(Cc2ccc3c(c2)OCO3)CC1. The number of fused-ring (bicyclic) bond motifs is 2. The van der Waals surface area contributed by atoms with Gasteiger partial charge in [0, 0.05) is 45.8 Å². The number of likely N-dealkylation sites (tertiary alicyclic amines) is 1. The third kappa shape index (κ3) is 4.86. The van der Waals surface area contributed by atoms with Gasteiger partial charge in [-0.3, -0.25) is 14.6 Å². The van der Waals surface area contributed by atoms with Crippen molar-refractivity contribution in [1.82, 2.24) is 14.7 Å². The van der Waals surface area contributed by atoms with E-state index in [0.29, 0.717) is 12.7 Å². The summed E-state index contributed by atoms with van der Waals surface area (Å²) in [5.41, 5.74) is 2.58. The van der Waals surface area contributed by atoms with Gasteiger partial charge in [-0.25, -0.2) is 0 Å². The molecule has 0 radical (unpaired) electrons. The van der Waals surface area contributed by atoms with E-state index < -0.39 is 0 Å². The van der Waals surface area contributed by atoms with Crippen LogP contribution in [0.4, 0.5) is 0 Å². The summed E-state index contributed by atoms with van der Waals surface area (Å²) in [7, 11) is 0. The molecule has 35 heavy (non-hydrogen) atoms. The molecule has 0 bridgehead atoms. The third-order valence-corrected chi connectivity index (χ3v) is 7.66. The predicted molar refractivity (Wildman–Crippen MR) is 136 cm³/mol. The van der Waals surface area contributed by atoms with E-state index >= 15 is 0 Å². The lowest BCUT2D eigenvalue weighted by Crippen LogP contribution is -2.52. The Morgan fingerprint density at radius 3 is 2.57 bits per heavy atom. The first-order valence-electron chi connectivity index (χ1n) is 12.8. The fraction of sp³-hybridized carbons (Fsp3) is 0.414. The summed E-state index contributed by atoms with van der Waals surface area (Å²) < 4.78 is 10.9. The molecule has 0 spiro atoms. The molecule has 0 aromatic heterocycles. The van der Waals surface area contributed by atoms with Crippen LogP contribution in [0.15, 0.2) is 60.7 Å². The number of piperidine rings is 1. The van der Waals surface area contributed by atoms with E-state index in [1.165, 1.54) is 21.9 Å². The molecule has 1 amide bonds. The predicted octanol–water partition coefficient (Wildman–Crippen LogP) is 4.12. The normalized spacial score (nSPS) is 20.9. The summed E-state index contributed by atoms with van der Waals surface area (Å²) >= 11 is 0. The number of carbonyl (C=O) groups excluding carboxylic acids is 1. The molecule has 3 aromatic rings. The van der Waals surface area contributed by atoms with Crippen molar-refractivity contribution < 1.29 is 14.3 Å². The van der Waals surface area contributed by atoms with Gasteiger partial charge in [-0.1, -0.05) is 48.5 Å². The lowest BCUT2D eigenvalue weighted by Gasteiger charge is -2.39. The molecule has 3 aliphatic rings. The van der Waals surface area contributed by atoms with Crippen LogP contribution in [0, 0.1) is 5.92 Å². The molecule has 6 heteroatoms. The number of nitrogens with zero attached hydrogens (tertiary/aromatic N) is 3. The fourth-order valence-corrected chi connectivity index (χ4v) is 5.75. The van der Waals surface area contributed by atoms with Crippen LogP contribution in [-0.2, 0) is 17.9 Å². The van der Waals surface area contributed by atoms with Gasteiger partial charge in [-0.05, 0) is 53.4 Å². The molecule has 0 N–H and O–H groups in total. The number of amides is 1. The van der Waals surface area contributed by atoms with Crippen LogP contribution >= 0.6 is 0 Å². The first-order chi connectivity index (χ1) is 17.2. The minimum Gasteiger partial charge on any atom is -0.454 e. The van der Waals surface area contributed by atoms with Crippen molar-refractivity contribution in [3.63, 3.8) is 0 Å². The highest BCUT2D eigenvalue weighted by Crippen LogP contribution is 2.33. The standard InChI is InChI=1S/C29H33N3O3/c33-29(32-15-13-30(14-16-32)18-22-10-11-27-28(17-22)35-21-34-27)25-8-4-12-31(20-25)19-24-7-3-6-23-5-1-2-9-26(23)24/h1-3,5-7,9-11,17,25H,4,8,12-16,18-21H2. The number of carbonyl (C=O) groups is 1. The minimum absolute atomic E-state index is 0.110. The molecule has 3 aromatic carbocycles. The van der Waals surface area contributed by atoms with Crippen molar-refractivity contribution >= 4 is 16.7 Å². The van der Waals surface area contributed by atoms with Crippen LogP contribution in [0.3, 0.4) is 0 Å². The fourth-order valence-electron chi connectivity index (χ4n) is 5.75. The van der Waals surface area contributed by atoms with E-state index in [1.54, 1.807) is 0 Å². The summed E-state index contributed by atoms with van der Waals surface area (Å²) in [4.78, 5) is 20.4. The van der Waals surface area contributed by atoms with Crippen molar-refractivity contribution in [2.24, 2.45) is 5.92 Å². The second kappa shape index (κ2) is 9.88. The number of ether oxygens (including phenoxy) is 2. The Morgan fingerprint density at radius 1 is 0.829 bits per heavy atom. The van der Waals surface area contributed by atoms with E-state index in [-0.39, 0.29) is 5.92 Å². The van der Waals surface area contributed by atoms with Crippen LogP contribution in [-0.4, -0.2) is 66.7 Å². The zero-order valence-electron chi connectivity index (χ0n) is 20.2. The second-order valence-electron chi connectivity index (χ2n) is 10.0. The molecule has 6 nitrogen and oxygen atoms in total. The van der Waals surface area contributed by atoms with Gasteiger partial charge in [0.25, 0.3) is 0 Å². The van der Waals surface area contributed by atoms with E-state index in [4.69, 9.17) is 9.47 Å². The van der Waals surface area contributed by atoms with Crippen LogP contribution in [0.5, 0.6) is 11.5 Å². The molecule has 6 rings (SSSR count). The molecule has 1 atom stereocenters. The van der Waals surface area contributed by atoms with E-state index in [0.717, 1.165) is 76.7 Å². The van der Waals surface area contributed by atoms with Gasteiger partial charge in [0.1, 0.15) is 0 Å². The van der Waals surface area contributed by atoms with Crippen molar-refractivity contribution in [2.75, 3.05) is 46.1 Å². The lowest BCUT2D eigenvalue weighted by atomic mass is 9.95. The zero-order chi connectivity index (χ0) is 23.6. The smallest absolute Gasteiger partial charge is 0.231 e. The molecular weight excluding hydrogens is 438 g/mol. The number of hydrogen-bond acceptors (Lipinski definition) is 5. The maximum Gasteiger partial charge on any atom is 0.231 e. The van der Waals surface area contributed by atoms with Gasteiger partial charge in [-0.2, -0.15) is 0 Å². The Labute approximate surface area is 207 Å². The largest absolute Gasteiger partial charge is 0.454 e. The van der Waals surface area contributed by atoms with Gasteiger partial charge < -0.3 is 14.4 Å². The molecule has 3 aliphatic heterocycles. The zero-order valence-corrected chi connectivity index (χ0v) is 20.2. The van der Waals surface area contributed by atoms with E-state index in [1.807, 2.05) is 6.07 Å². The van der Waals surface area contributed by atoms with Gasteiger partial charge >= 0.3 is 0 Å². The van der Waals surface area contributed by atoms with Gasteiger partial charge in [0.15, 0.2) is 11.5 Å². The molecular formula is C29H33N3O3. The Morgan fingerprint density at radius 2 is 1.66 bits per heavy atom. The Bertz CT molecular complexity index is 1200. The van der Waals surface area contributed by atoms with Crippen LogP contribution in [0.25, 0.3) is 10.8 Å². The number of hydrogen-bond donors (Lipinski definition) is 0. The topological polar surface area (TPSA) is 45.3 Å². The Hall–Kier alpha value is -3.09. The quantitative estimate of drug-likeness (QED) is 0.560.